The molecule has 0 spiro atoms. The Morgan fingerprint density at radius 2 is 1.89 bits per heavy atom. The zero-order valence-corrected chi connectivity index (χ0v) is 12.2. The van der Waals surface area contributed by atoms with Gasteiger partial charge in [0.25, 0.3) is 0 Å². The van der Waals surface area contributed by atoms with Gasteiger partial charge in [-0.25, -0.2) is 0 Å². The van der Waals surface area contributed by atoms with Gasteiger partial charge in [0.1, 0.15) is 0 Å². The molecule has 0 amide bonds. The standard InChI is InChI=1S/C12H20N4.2ClH/c1-2-5-15(6-3-1)10-11-8-12-9-13-4-7-16(12)14-11;;/h8,13H,1-7,9-10H2;2*1H. The Bertz CT molecular complexity index is 337. The summed E-state index contributed by atoms with van der Waals surface area (Å²) in [6.07, 6.45) is 4.12. The first kappa shape index (κ1) is 15.8. The van der Waals surface area contributed by atoms with Crippen LogP contribution in [0.5, 0.6) is 0 Å². The van der Waals surface area contributed by atoms with Gasteiger partial charge in [-0.2, -0.15) is 5.10 Å². The molecular formula is C12H22Cl2N4. The molecule has 2 aliphatic heterocycles. The van der Waals surface area contributed by atoms with Gasteiger partial charge in [0.2, 0.25) is 0 Å². The molecule has 0 radical (unpaired) electrons. The number of hydrogen-bond acceptors (Lipinski definition) is 3. The molecule has 1 aromatic rings. The summed E-state index contributed by atoms with van der Waals surface area (Å²) in [5.41, 5.74) is 2.60. The largest absolute Gasteiger partial charge is 0.309 e. The minimum Gasteiger partial charge on any atom is -0.309 e. The molecule has 0 aromatic carbocycles. The number of likely N-dealkylation sites (tertiary alicyclic amines) is 1. The van der Waals surface area contributed by atoms with Crippen molar-refractivity contribution < 1.29 is 0 Å². The highest BCUT2D eigenvalue weighted by atomic mass is 35.5. The van der Waals surface area contributed by atoms with E-state index in [2.05, 4.69) is 26.1 Å². The first-order valence-corrected chi connectivity index (χ1v) is 6.40. The van der Waals surface area contributed by atoms with E-state index in [4.69, 9.17) is 0 Å². The first-order chi connectivity index (χ1) is 7.92. The smallest absolute Gasteiger partial charge is 0.0768 e. The van der Waals surface area contributed by atoms with Crippen LogP contribution in [0.15, 0.2) is 6.07 Å². The second-order valence-corrected chi connectivity index (χ2v) is 4.86. The fourth-order valence-electron chi connectivity index (χ4n) is 2.68. The number of rotatable bonds is 2. The van der Waals surface area contributed by atoms with Crippen LogP contribution in [0.1, 0.15) is 30.7 Å². The van der Waals surface area contributed by atoms with Gasteiger partial charge in [0.15, 0.2) is 0 Å². The third-order valence-corrected chi connectivity index (χ3v) is 3.55. The third-order valence-electron chi connectivity index (χ3n) is 3.55. The van der Waals surface area contributed by atoms with Crippen molar-refractivity contribution in [2.24, 2.45) is 0 Å². The maximum absolute atomic E-state index is 4.68. The zero-order valence-electron chi connectivity index (χ0n) is 10.6. The zero-order chi connectivity index (χ0) is 10.8. The van der Waals surface area contributed by atoms with Gasteiger partial charge in [-0.3, -0.25) is 9.58 Å². The van der Waals surface area contributed by atoms with Gasteiger partial charge in [0.05, 0.1) is 17.9 Å². The minimum atomic E-state index is 0. The predicted molar refractivity (Wildman–Crippen MR) is 77.6 cm³/mol. The normalized spacial score (nSPS) is 19.6. The van der Waals surface area contributed by atoms with E-state index < -0.39 is 0 Å². The van der Waals surface area contributed by atoms with Crippen LogP contribution in [0.4, 0.5) is 0 Å². The summed E-state index contributed by atoms with van der Waals surface area (Å²) >= 11 is 0. The van der Waals surface area contributed by atoms with Crippen molar-refractivity contribution in [2.75, 3.05) is 19.6 Å². The second kappa shape index (κ2) is 7.34. The third kappa shape index (κ3) is 3.60. The molecular weight excluding hydrogens is 271 g/mol. The number of aromatic nitrogens is 2. The second-order valence-electron chi connectivity index (χ2n) is 4.86. The average Bonchev–Trinajstić information content (AvgIpc) is 2.72. The maximum atomic E-state index is 4.68. The number of fused-ring (bicyclic) bond motifs is 1. The molecule has 1 fully saturated rings. The molecule has 1 aromatic heterocycles. The lowest BCUT2D eigenvalue weighted by molar-refractivity contribution is 0.218. The molecule has 1 saturated heterocycles. The van der Waals surface area contributed by atoms with Gasteiger partial charge in [0, 0.05) is 19.6 Å². The van der Waals surface area contributed by atoms with Crippen LogP contribution in [0.2, 0.25) is 0 Å². The summed E-state index contributed by atoms with van der Waals surface area (Å²) in [6, 6.07) is 2.26. The molecule has 3 heterocycles. The van der Waals surface area contributed by atoms with Crippen LogP contribution in [0, 0.1) is 0 Å². The van der Waals surface area contributed by atoms with Crippen LogP contribution in [0.3, 0.4) is 0 Å². The molecule has 4 nitrogen and oxygen atoms in total. The molecule has 3 rings (SSSR count). The van der Waals surface area contributed by atoms with Crippen molar-refractivity contribution in [3.8, 4) is 0 Å². The molecule has 6 heteroatoms. The van der Waals surface area contributed by atoms with Gasteiger partial charge in [-0.1, -0.05) is 6.42 Å². The van der Waals surface area contributed by atoms with Crippen LogP contribution in [-0.2, 0) is 19.6 Å². The summed E-state index contributed by atoms with van der Waals surface area (Å²) in [5.74, 6) is 0. The quantitative estimate of drug-likeness (QED) is 0.903. The molecule has 0 aliphatic carbocycles. The Kier molecular flexibility index (Phi) is 6.43. The van der Waals surface area contributed by atoms with Crippen molar-refractivity contribution in [1.29, 1.82) is 0 Å². The van der Waals surface area contributed by atoms with E-state index in [1.807, 2.05) is 0 Å². The lowest BCUT2D eigenvalue weighted by Gasteiger charge is -2.25. The summed E-state index contributed by atoms with van der Waals surface area (Å²) in [4.78, 5) is 2.53. The fourth-order valence-corrected chi connectivity index (χ4v) is 2.68. The van der Waals surface area contributed by atoms with E-state index in [1.54, 1.807) is 0 Å². The van der Waals surface area contributed by atoms with Gasteiger partial charge in [-0.05, 0) is 32.0 Å². The number of nitrogens with zero attached hydrogens (tertiary/aromatic N) is 3. The van der Waals surface area contributed by atoms with E-state index in [0.717, 1.165) is 26.2 Å². The molecule has 18 heavy (non-hydrogen) atoms. The molecule has 104 valence electrons. The highest BCUT2D eigenvalue weighted by Crippen LogP contribution is 2.14. The van der Waals surface area contributed by atoms with E-state index in [9.17, 15) is 0 Å². The molecule has 2 aliphatic rings. The number of hydrogen-bond donors (Lipinski definition) is 1. The predicted octanol–water partition coefficient (Wildman–Crippen LogP) is 1.82. The molecule has 0 unspecified atom stereocenters. The van der Waals surface area contributed by atoms with E-state index >= 15 is 0 Å². The maximum Gasteiger partial charge on any atom is 0.0768 e. The van der Waals surface area contributed by atoms with Crippen molar-refractivity contribution in [3.63, 3.8) is 0 Å². The minimum absolute atomic E-state index is 0. The Morgan fingerprint density at radius 1 is 1.11 bits per heavy atom. The monoisotopic (exact) mass is 292 g/mol. The van der Waals surface area contributed by atoms with Crippen LogP contribution in [0.25, 0.3) is 0 Å². The lowest BCUT2D eigenvalue weighted by Crippen LogP contribution is -2.29. The molecule has 0 bridgehead atoms. The van der Waals surface area contributed by atoms with Crippen LogP contribution < -0.4 is 5.32 Å². The van der Waals surface area contributed by atoms with Crippen molar-refractivity contribution in [3.05, 3.63) is 17.5 Å². The van der Waals surface area contributed by atoms with E-state index in [0.29, 0.717) is 0 Å². The SMILES string of the molecule is Cl.Cl.c1c(CN2CCCCC2)nn2c1CNCC2. The molecule has 1 N–H and O–H groups in total. The number of halogens is 2. The summed E-state index contributed by atoms with van der Waals surface area (Å²) in [6.45, 7) is 6.60. The fraction of sp³-hybridized carbons (Fsp3) is 0.750. The Labute approximate surface area is 121 Å². The molecule has 0 atom stereocenters. The van der Waals surface area contributed by atoms with Crippen molar-refractivity contribution in [1.82, 2.24) is 20.0 Å². The summed E-state index contributed by atoms with van der Waals surface area (Å²) in [7, 11) is 0. The van der Waals surface area contributed by atoms with Gasteiger partial charge >= 0.3 is 0 Å². The summed E-state index contributed by atoms with van der Waals surface area (Å²) in [5, 5.41) is 8.06. The van der Waals surface area contributed by atoms with Gasteiger partial charge < -0.3 is 5.32 Å². The van der Waals surface area contributed by atoms with Crippen molar-refractivity contribution >= 4 is 24.8 Å². The van der Waals surface area contributed by atoms with E-state index in [-0.39, 0.29) is 24.8 Å². The topological polar surface area (TPSA) is 33.1 Å². The first-order valence-electron chi connectivity index (χ1n) is 6.40. The average molecular weight is 293 g/mol. The molecule has 0 saturated carbocycles. The van der Waals surface area contributed by atoms with Crippen molar-refractivity contribution in [2.45, 2.75) is 38.9 Å². The number of piperidine rings is 1. The highest BCUT2D eigenvalue weighted by Gasteiger charge is 2.15. The van der Waals surface area contributed by atoms with Crippen LogP contribution >= 0.6 is 24.8 Å². The lowest BCUT2D eigenvalue weighted by atomic mass is 10.1. The summed E-state index contributed by atoms with van der Waals surface area (Å²) < 4.78 is 2.16. The van der Waals surface area contributed by atoms with E-state index in [1.165, 1.54) is 43.7 Å². The number of nitrogens with one attached hydrogen (secondary N) is 1. The Morgan fingerprint density at radius 3 is 2.61 bits per heavy atom. The van der Waals surface area contributed by atoms with Gasteiger partial charge in [-0.15, -0.1) is 24.8 Å². The Balaban J connectivity index is 0.000000810. The Hall–Kier alpha value is -0.290. The van der Waals surface area contributed by atoms with Crippen LogP contribution in [-0.4, -0.2) is 34.3 Å². The highest BCUT2D eigenvalue weighted by molar-refractivity contribution is 5.85.